The summed E-state index contributed by atoms with van der Waals surface area (Å²) in [7, 11) is -2.01. The number of hydrogen-bond donors (Lipinski definition) is 1. The summed E-state index contributed by atoms with van der Waals surface area (Å²) in [5.41, 5.74) is 4.84. The normalized spacial score (nSPS) is 11.7. The van der Waals surface area contributed by atoms with E-state index in [-0.39, 0.29) is 4.90 Å². The van der Waals surface area contributed by atoms with Crippen LogP contribution in [0.2, 0.25) is 0 Å². The van der Waals surface area contributed by atoms with Crippen LogP contribution < -0.4 is 4.72 Å². The van der Waals surface area contributed by atoms with Crippen LogP contribution in [-0.2, 0) is 23.6 Å². The molecule has 7 nitrogen and oxygen atoms in total. The summed E-state index contributed by atoms with van der Waals surface area (Å²) >= 11 is 0. The Morgan fingerprint density at radius 2 is 1.77 bits per heavy atom. The van der Waals surface area contributed by atoms with Crippen LogP contribution in [0.15, 0.2) is 35.4 Å². The summed E-state index contributed by atoms with van der Waals surface area (Å²) in [5, 5.41) is 8.54. The van der Waals surface area contributed by atoms with Gasteiger partial charge in [0.15, 0.2) is 0 Å². The standard InChI is InChI=1S/C18H23N5O2S/c1-12-8-6-7-9-16(12)11-23-15(4)18(13(2)20-23)21-26(24,25)17-10-19-22(5)14(17)3/h6-10,21H,11H2,1-5H3. The van der Waals surface area contributed by atoms with Crippen molar-refractivity contribution in [2.45, 2.75) is 39.1 Å². The van der Waals surface area contributed by atoms with Gasteiger partial charge in [-0.25, -0.2) is 8.42 Å². The molecule has 0 fully saturated rings. The smallest absolute Gasteiger partial charge is 0.265 e. The third-order valence-electron chi connectivity index (χ3n) is 4.68. The molecule has 0 aliphatic heterocycles. The van der Waals surface area contributed by atoms with Crippen molar-refractivity contribution in [2.75, 3.05) is 4.72 Å². The number of aryl methyl sites for hydroxylation is 3. The zero-order chi connectivity index (χ0) is 19.1. The van der Waals surface area contributed by atoms with Crippen LogP contribution in [0.1, 0.15) is 28.2 Å². The lowest BCUT2D eigenvalue weighted by Gasteiger charge is -2.10. The zero-order valence-electron chi connectivity index (χ0n) is 15.6. The number of benzene rings is 1. The summed E-state index contributed by atoms with van der Waals surface area (Å²) in [5.74, 6) is 0. The van der Waals surface area contributed by atoms with Crippen molar-refractivity contribution >= 4 is 15.7 Å². The summed E-state index contributed by atoms with van der Waals surface area (Å²) < 4.78 is 31.6. The van der Waals surface area contributed by atoms with Gasteiger partial charge in [-0.15, -0.1) is 0 Å². The average molecular weight is 373 g/mol. The van der Waals surface area contributed by atoms with Crippen LogP contribution >= 0.6 is 0 Å². The highest BCUT2D eigenvalue weighted by molar-refractivity contribution is 7.92. The van der Waals surface area contributed by atoms with E-state index < -0.39 is 10.0 Å². The Morgan fingerprint density at radius 3 is 2.38 bits per heavy atom. The second-order valence-electron chi connectivity index (χ2n) is 6.45. The van der Waals surface area contributed by atoms with E-state index in [2.05, 4.69) is 34.0 Å². The van der Waals surface area contributed by atoms with Crippen molar-refractivity contribution < 1.29 is 8.42 Å². The predicted molar refractivity (Wildman–Crippen MR) is 101 cm³/mol. The number of anilines is 1. The molecule has 2 aromatic heterocycles. The van der Waals surface area contributed by atoms with Gasteiger partial charge in [-0.3, -0.25) is 14.1 Å². The molecule has 3 aromatic rings. The van der Waals surface area contributed by atoms with Crippen LogP contribution in [0.3, 0.4) is 0 Å². The molecule has 8 heteroatoms. The quantitative estimate of drug-likeness (QED) is 0.745. The molecule has 0 amide bonds. The molecule has 138 valence electrons. The van der Waals surface area contributed by atoms with Crippen LogP contribution in [0, 0.1) is 27.7 Å². The van der Waals surface area contributed by atoms with Crippen molar-refractivity contribution in [3.63, 3.8) is 0 Å². The molecule has 0 atom stereocenters. The fraction of sp³-hybridized carbons (Fsp3) is 0.333. The Labute approximate surface area is 153 Å². The Bertz CT molecular complexity index is 1060. The van der Waals surface area contributed by atoms with Crippen LogP contribution in [-0.4, -0.2) is 28.0 Å². The summed E-state index contributed by atoms with van der Waals surface area (Å²) in [6, 6.07) is 8.09. The van der Waals surface area contributed by atoms with Gasteiger partial charge in [-0.2, -0.15) is 10.2 Å². The molecular weight excluding hydrogens is 350 g/mol. The largest absolute Gasteiger partial charge is 0.276 e. The third-order valence-corrected chi connectivity index (χ3v) is 6.13. The second kappa shape index (κ2) is 6.60. The van der Waals surface area contributed by atoms with Gasteiger partial charge in [-0.1, -0.05) is 24.3 Å². The van der Waals surface area contributed by atoms with E-state index in [9.17, 15) is 8.42 Å². The number of rotatable bonds is 5. The van der Waals surface area contributed by atoms with E-state index in [1.807, 2.05) is 23.7 Å². The van der Waals surface area contributed by atoms with Gasteiger partial charge in [0.1, 0.15) is 4.90 Å². The predicted octanol–water partition coefficient (Wildman–Crippen LogP) is 2.70. The number of nitrogens with one attached hydrogen (secondary N) is 1. The maximum absolute atomic E-state index is 12.8. The van der Waals surface area contributed by atoms with E-state index in [1.54, 1.807) is 20.9 Å². The van der Waals surface area contributed by atoms with Gasteiger partial charge in [0.25, 0.3) is 10.0 Å². The molecule has 1 N–H and O–H groups in total. The lowest BCUT2D eigenvalue weighted by Crippen LogP contribution is -2.15. The Morgan fingerprint density at radius 1 is 1.08 bits per heavy atom. The Hall–Kier alpha value is -2.61. The number of sulfonamides is 1. The molecule has 0 saturated heterocycles. The minimum atomic E-state index is -3.72. The molecule has 0 aliphatic rings. The first-order chi connectivity index (χ1) is 12.2. The topological polar surface area (TPSA) is 81.8 Å². The van der Waals surface area contributed by atoms with E-state index in [4.69, 9.17) is 0 Å². The van der Waals surface area contributed by atoms with E-state index in [0.717, 1.165) is 11.3 Å². The van der Waals surface area contributed by atoms with Gasteiger partial charge >= 0.3 is 0 Å². The molecule has 26 heavy (non-hydrogen) atoms. The lowest BCUT2D eigenvalue weighted by molar-refractivity contribution is 0.600. The van der Waals surface area contributed by atoms with Crippen molar-refractivity contribution in [1.82, 2.24) is 19.6 Å². The van der Waals surface area contributed by atoms with Crippen molar-refractivity contribution in [2.24, 2.45) is 7.05 Å². The monoisotopic (exact) mass is 373 g/mol. The van der Waals surface area contributed by atoms with Gasteiger partial charge in [-0.05, 0) is 38.8 Å². The first-order valence-corrected chi connectivity index (χ1v) is 9.79. The molecule has 0 aliphatic carbocycles. The van der Waals surface area contributed by atoms with Crippen molar-refractivity contribution in [1.29, 1.82) is 0 Å². The molecule has 2 heterocycles. The van der Waals surface area contributed by atoms with Gasteiger partial charge in [0.2, 0.25) is 0 Å². The maximum atomic E-state index is 12.8. The minimum Gasteiger partial charge on any atom is -0.276 e. The molecule has 0 spiro atoms. The molecule has 0 saturated carbocycles. The molecule has 0 radical (unpaired) electrons. The SMILES string of the molecule is Cc1ccccc1Cn1nc(C)c(NS(=O)(=O)c2cnn(C)c2C)c1C. The first kappa shape index (κ1) is 18.2. The highest BCUT2D eigenvalue weighted by atomic mass is 32.2. The second-order valence-corrected chi connectivity index (χ2v) is 8.10. The molecule has 1 aromatic carbocycles. The van der Waals surface area contributed by atoms with Gasteiger partial charge in [0.05, 0.1) is 35.5 Å². The Balaban J connectivity index is 1.94. The number of hydrogen-bond acceptors (Lipinski definition) is 4. The fourth-order valence-electron chi connectivity index (χ4n) is 2.88. The van der Waals surface area contributed by atoms with E-state index in [0.29, 0.717) is 23.6 Å². The molecule has 3 rings (SSSR count). The highest BCUT2D eigenvalue weighted by Gasteiger charge is 2.23. The van der Waals surface area contributed by atoms with Crippen molar-refractivity contribution in [3.8, 4) is 0 Å². The summed E-state index contributed by atoms with van der Waals surface area (Å²) in [6.45, 7) is 8.03. The van der Waals surface area contributed by atoms with Crippen LogP contribution in [0.5, 0.6) is 0 Å². The molecular formula is C18H23N5O2S. The zero-order valence-corrected chi connectivity index (χ0v) is 16.4. The van der Waals surface area contributed by atoms with Crippen LogP contribution in [0.25, 0.3) is 0 Å². The van der Waals surface area contributed by atoms with Crippen molar-refractivity contribution in [3.05, 3.63) is 58.7 Å². The number of aromatic nitrogens is 4. The molecule has 0 bridgehead atoms. The third kappa shape index (κ3) is 3.24. The van der Waals surface area contributed by atoms with E-state index in [1.165, 1.54) is 16.4 Å². The number of nitrogens with zero attached hydrogens (tertiary/aromatic N) is 4. The Kier molecular flexibility index (Phi) is 4.62. The van der Waals surface area contributed by atoms with Gasteiger partial charge in [0, 0.05) is 7.05 Å². The lowest BCUT2D eigenvalue weighted by atomic mass is 10.1. The van der Waals surface area contributed by atoms with E-state index >= 15 is 0 Å². The van der Waals surface area contributed by atoms with Crippen LogP contribution in [0.4, 0.5) is 5.69 Å². The van der Waals surface area contributed by atoms with Gasteiger partial charge < -0.3 is 0 Å². The highest BCUT2D eigenvalue weighted by Crippen LogP contribution is 2.25. The average Bonchev–Trinajstić information content (AvgIpc) is 3.04. The first-order valence-electron chi connectivity index (χ1n) is 8.30. The maximum Gasteiger partial charge on any atom is 0.265 e. The summed E-state index contributed by atoms with van der Waals surface area (Å²) in [6.07, 6.45) is 1.36. The fourth-order valence-corrected chi connectivity index (χ4v) is 4.26. The molecule has 0 unspecified atom stereocenters. The summed E-state index contributed by atoms with van der Waals surface area (Å²) in [4.78, 5) is 0.172. The minimum absolute atomic E-state index is 0.172.